The number of carbonyl (C=O) groups excluding carboxylic acids is 2. The monoisotopic (exact) mass is 463 g/mol. The number of hydrogen-bond acceptors (Lipinski definition) is 5. The number of benzene rings is 2. The molecule has 0 fully saturated rings. The lowest BCUT2D eigenvalue weighted by Crippen LogP contribution is -2.17. The van der Waals surface area contributed by atoms with Crippen molar-refractivity contribution in [3.05, 3.63) is 83.3 Å². The Morgan fingerprint density at radius 1 is 1.03 bits per heavy atom. The van der Waals surface area contributed by atoms with Gasteiger partial charge in [-0.25, -0.2) is 26.6 Å². The van der Waals surface area contributed by atoms with Crippen LogP contribution in [0.3, 0.4) is 0 Å². The van der Waals surface area contributed by atoms with Gasteiger partial charge < -0.3 is 5.32 Å². The molecule has 0 unspecified atom stereocenters. The Bertz CT molecular complexity index is 1300. The lowest BCUT2D eigenvalue weighted by molar-refractivity contribution is -0.114. The summed E-state index contributed by atoms with van der Waals surface area (Å²) in [6, 6.07) is 8.45. The van der Waals surface area contributed by atoms with Gasteiger partial charge in [0.05, 0.1) is 16.1 Å². The summed E-state index contributed by atoms with van der Waals surface area (Å²) < 4.78 is 69.2. The van der Waals surface area contributed by atoms with Gasteiger partial charge in [0.2, 0.25) is 5.91 Å². The van der Waals surface area contributed by atoms with Crippen molar-refractivity contribution in [2.45, 2.75) is 18.2 Å². The maximum absolute atomic E-state index is 14.9. The van der Waals surface area contributed by atoms with E-state index in [0.29, 0.717) is 5.56 Å². The number of pyridine rings is 1. The largest absolute Gasteiger partial charge is 0.311 e. The molecule has 0 bridgehead atoms. The second-order valence-corrected chi connectivity index (χ2v) is 8.36. The first-order chi connectivity index (χ1) is 15.1. The number of Topliss-reactive ketones (excluding diaryl/α,β-unsaturated/α-hetero) is 1. The summed E-state index contributed by atoms with van der Waals surface area (Å²) >= 11 is 0. The van der Waals surface area contributed by atoms with E-state index in [2.05, 4.69) is 10.3 Å². The van der Waals surface area contributed by atoms with E-state index in [1.165, 1.54) is 25.3 Å². The maximum atomic E-state index is 14.9. The van der Waals surface area contributed by atoms with Crippen molar-refractivity contribution in [1.82, 2.24) is 4.98 Å². The normalized spacial score (nSPS) is 11.1. The molecule has 7 nitrogen and oxygen atoms in total. The topological polar surface area (TPSA) is 105 Å². The third-order valence-electron chi connectivity index (χ3n) is 4.21. The summed E-state index contributed by atoms with van der Waals surface area (Å²) in [5, 5.41) is 2.44. The Morgan fingerprint density at radius 2 is 1.78 bits per heavy atom. The van der Waals surface area contributed by atoms with E-state index < -0.39 is 55.8 Å². The molecule has 32 heavy (non-hydrogen) atoms. The zero-order valence-electron chi connectivity index (χ0n) is 16.5. The summed E-state index contributed by atoms with van der Waals surface area (Å²) in [5.41, 5.74) is -1.29. The second-order valence-electron chi connectivity index (χ2n) is 6.68. The van der Waals surface area contributed by atoms with Crippen LogP contribution in [0.4, 0.5) is 24.7 Å². The Hall–Kier alpha value is -3.73. The zero-order chi connectivity index (χ0) is 23.5. The standard InChI is InChI=1S/C21H16F3N3O4S/c1-12(28)26-19-8-5-13(11-25-19)9-18(29)20-16(23)6-7-17(21(20)24)27-32(30,31)15-4-2-3-14(22)10-15/h2-8,10-11,27H,9H2,1H3,(H,25,26,28). The maximum Gasteiger partial charge on any atom is 0.262 e. The fourth-order valence-corrected chi connectivity index (χ4v) is 3.87. The van der Waals surface area contributed by atoms with Crippen molar-refractivity contribution < 1.29 is 31.2 Å². The van der Waals surface area contributed by atoms with Gasteiger partial charge in [0.15, 0.2) is 11.6 Å². The van der Waals surface area contributed by atoms with Crippen molar-refractivity contribution in [3.8, 4) is 0 Å². The molecule has 0 spiro atoms. The Balaban J connectivity index is 1.86. The van der Waals surface area contributed by atoms with E-state index in [4.69, 9.17) is 0 Å². The van der Waals surface area contributed by atoms with Gasteiger partial charge in [0, 0.05) is 19.5 Å². The van der Waals surface area contributed by atoms with Crippen LogP contribution in [-0.4, -0.2) is 25.1 Å². The van der Waals surface area contributed by atoms with Crippen LogP contribution in [0, 0.1) is 17.5 Å². The molecule has 166 valence electrons. The molecule has 3 rings (SSSR count). The lowest BCUT2D eigenvalue weighted by Gasteiger charge is -2.12. The molecular weight excluding hydrogens is 447 g/mol. The van der Waals surface area contributed by atoms with Crippen LogP contribution in [0.1, 0.15) is 22.8 Å². The summed E-state index contributed by atoms with van der Waals surface area (Å²) in [6.45, 7) is 1.29. The van der Waals surface area contributed by atoms with E-state index in [9.17, 15) is 31.2 Å². The highest BCUT2D eigenvalue weighted by Crippen LogP contribution is 2.25. The van der Waals surface area contributed by atoms with Crippen molar-refractivity contribution in [1.29, 1.82) is 0 Å². The minimum absolute atomic E-state index is 0.236. The Kier molecular flexibility index (Phi) is 6.58. The molecule has 2 N–H and O–H groups in total. The molecule has 1 heterocycles. The van der Waals surface area contributed by atoms with Crippen LogP contribution in [-0.2, 0) is 21.2 Å². The molecule has 0 aliphatic carbocycles. The van der Waals surface area contributed by atoms with Gasteiger partial charge in [0.25, 0.3) is 10.0 Å². The molecule has 11 heteroatoms. The van der Waals surface area contributed by atoms with Gasteiger partial charge in [-0.2, -0.15) is 0 Å². The number of anilines is 2. The molecule has 0 aliphatic rings. The van der Waals surface area contributed by atoms with Gasteiger partial charge >= 0.3 is 0 Å². The summed E-state index contributed by atoms with van der Waals surface area (Å²) in [7, 11) is -4.40. The SMILES string of the molecule is CC(=O)Nc1ccc(CC(=O)c2c(F)ccc(NS(=O)(=O)c3cccc(F)c3)c2F)cn1. The number of ketones is 1. The molecule has 1 aromatic heterocycles. The van der Waals surface area contributed by atoms with Crippen molar-refractivity contribution >= 4 is 33.2 Å². The number of carbonyl (C=O) groups is 2. The van der Waals surface area contributed by atoms with Crippen LogP contribution in [0.5, 0.6) is 0 Å². The minimum Gasteiger partial charge on any atom is -0.311 e. The molecule has 0 aliphatic heterocycles. The van der Waals surface area contributed by atoms with Crippen molar-refractivity contribution in [3.63, 3.8) is 0 Å². The summed E-state index contributed by atoms with van der Waals surface area (Å²) in [4.78, 5) is 27.0. The number of hydrogen-bond donors (Lipinski definition) is 2. The van der Waals surface area contributed by atoms with Crippen LogP contribution in [0.2, 0.25) is 0 Å². The smallest absolute Gasteiger partial charge is 0.262 e. The number of nitrogens with zero attached hydrogens (tertiary/aromatic N) is 1. The first-order valence-corrected chi connectivity index (χ1v) is 10.6. The predicted molar refractivity (Wildman–Crippen MR) is 110 cm³/mol. The van der Waals surface area contributed by atoms with E-state index in [0.717, 1.165) is 36.4 Å². The Labute approximate surface area is 181 Å². The highest BCUT2D eigenvalue weighted by atomic mass is 32.2. The van der Waals surface area contributed by atoms with Gasteiger partial charge in [-0.15, -0.1) is 0 Å². The number of sulfonamides is 1. The summed E-state index contributed by atoms with van der Waals surface area (Å²) in [6.07, 6.45) is 0.830. The molecule has 0 saturated heterocycles. The highest BCUT2D eigenvalue weighted by Gasteiger charge is 2.24. The summed E-state index contributed by atoms with van der Waals surface area (Å²) in [5.74, 6) is -4.47. The van der Waals surface area contributed by atoms with Gasteiger partial charge in [-0.05, 0) is 42.0 Å². The molecule has 0 saturated carbocycles. The number of rotatable bonds is 7. The number of nitrogens with one attached hydrogen (secondary N) is 2. The van der Waals surface area contributed by atoms with Gasteiger partial charge in [0.1, 0.15) is 17.5 Å². The second kappa shape index (κ2) is 9.18. The average Bonchev–Trinajstić information content (AvgIpc) is 2.71. The molecule has 1 amide bonds. The number of aromatic nitrogens is 1. The minimum atomic E-state index is -4.40. The predicted octanol–water partition coefficient (Wildman–Crippen LogP) is 3.68. The van der Waals surface area contributed by atoms with E-state index in [1.807, 2.05) is 4.72 Å². The van der Waals surface area contributed by atoms with Gasteiger partial charge in [-0.3, -0.25) is 14.3 Å². The fourth-order valence-electron chi connectivity index (χ4n) is 2.78. The van der Waals surface area contributed by atoms with Crippen LogP contribution >= 0.6 is 0 Å². The average molecular weight is 463 g/mol. The third kappa shape index (κ3) is 5.30. The van der Waals surface area contributed by atoms with Crippen molar-refractivity contribution in [2.24, 2.45) is 0 Å². The first kappa shape index (κ1) is 22.9. The quantitative estimate of drug-likeness (QED) is 0.520. The van der Waals surface area contributed by atoms with Crippen LogP contribution < -0.4 is 10.0 Å². The third-order valence-corrected chi connectivity index (χ3v) is 5.58. The molecular formula is C21H16F3N3O4S. The highest BCUT2D eigenvalue weighted by molar-refractivity contribution is 7.92. The van der Waals surface area contributed by atoms with Crippen LogP contribution in [0.25, 0.3) is 0 Å². The number of amides is 1. The lowest BCUT2D eigenvalue weighted by atomic mass is 10.0. The van der Waals surface area contributed by atoms with E-state index >= 15 is 0 Å². The molecule has 2 aromatic carbocycles. The molecule has 0 radical (unpaired) electrons. The molecule has 0 atom stereocenters. The van der Waals surface area contributed by atoms with E-state index in [-0.39, 0.29) is 11.7 Å². The first-order valence-electron chi connectivity index (χ1n) is 9.09. The van der Waals surface area contributed by atoms with Crippen LogP contribution in [0.15, 0.2) is 59.6 Å². The van der Waals surface area contributed by atoms with E-state index in [1.54, 1.807) is 0 Å². The zero-order valence-corrected chi connectivity index (χ0v) is 17.3. The van der Waals surface area contributed by atoms with Gasteiger partial charge in [-0.1, -0.05) is 12.1 Å². The van der Waals surface area contributed by atoms with Crippen molar-refractivity contribution in [2.75, 3.05) is 10.0 Å². The molecule has 3 aromatic rings. The Morgan fingerprint density at radius 3 is 2.41 bits per heavy atom. The fraction of sp³-hybridized carbons (Fsp3) is 0.0952. The number of halogens is 3.